The molecule has 2 heterocycles. The molecule has 0 radical (unpaired) electrons. The van der Waals surface area contributed by atoms with Crippen molar-refractivity contribution < 1.29 is 4.79 Å². The Balaban J connectivity index is 2.14. The lowest BCUT2D eigenvalue weighted by Gasteiger charge is -2.39. The summed E-state index contributed by atoms with van der Waals surface area (Å²) in [7, 11) is 0. The predicted molar refractivity (Wildman–Crippen MR) is 79.6 cm³/mol. The summed E-state index contributed by atoms with van der Waals surface area (Å²) < 4.78 is 0.764. The van der Waals surface area contributed by atoms with Crippen molar-refractivity contribution in [1.29, 1.82) is 0 Å². The minimum Gasteiger partial charge on any atom is -0.336 e. The van der Waals surface area contributed by atoms with Gasteiger partial charge in [-0.15, -0.1) is 0 Å². The fourth-order valence-electron chi connectivity index (χ4n) is 2.39. The number of likely N-dealkylation sites (N-methyl/N-ethyl adjacent to an activating group) is 1. The first-order valence-electron chi connectivity index (χ1n) is 6.37. The van der Waals surface area contributed by atoms with E-state index in [2.05, 4.69) is 39.7 Å². The number of pyridine rings is 1. The minimum atomic E-state index is -0.0404. The van der Waals surface area contributed by atoms with Crippen LogP contribution in [0.1, 0.15) is 24.2 Å². The lowest BCUT2D eigenvalue weighted by atomic mass is 10.1. The standard InChI is InChI=1S/C13H17BrClN3O/c1-3-17-4-5-18(8-9(17)2)13(19)11-6-10(14)7-16-12(11)15/h6-7,9H,3-5,8H2,1-2H3. The fourth-order valence-corrected chi connectivity index (χ4v) is 2.91. The van der Waals surface area contributed by atoms with Crippen LogP contribution in [-0.4, -0.2) is 52.9 Å². The predicted octanol–water partition coefficient (Wildman–Crippen LogP) is 2.66. The summed E-state index contributed by atoms with van der Waals surface area (Å²) in [6.07, 6.45) is 1.59. The summed E-state index contributed by atoms with van der Waals surface area (Å²) in [6, 6.07) is 2.11. The van der Waals surface area contributed by atoms with E-state index < -0.39 is 0 Å². The molecule has 4 nitrogen and oxygen atoms in total. The number of carbonyl (C=O) groups is 1. The SMILES string of the molecule is CCN1CCN(C(=O)c2cc(Br)cnc2Cl)CC1C. The molecule has 0 bridgehead atoms. The van der Waals surface area contributed by atoms with E-state index in [0.29, 0.717) is 11.6 Å². The molecule has 19 heavy (non-hydrogen) atoms. The highest BCUT2D eigenvalue weighted by atomic mass is 79.9. The number of halogens is 2. The average molecular weight is 347 g/mol. The molecule has 1 amide bonds. The molecule has 0 saturated carbocycles. The number of rotatable bonds is 2. The maximum absolute atomic E-state index is 12.5. The van der Waals surface area contributed by atoms with E-state index in [1.165, 1.54) is 0 Å². The average Bonchev–Trinajstić information content (AvgIpc) is 2.40. The molecule has 1 atom stereocenters. The van der Waals surface area contributed by atoms with Gasteiger partial charge in [-0.25, -0.2) is 4.98 Å². The first-order chi connectivity index (χ1) is 9.02. The Morgan fingerprint density at radius 2 is 2.32 bits per heavy atom. The molecular formula is C13H17BrClN3O. The van der Waals surface area contributed by atoms with Crippen molar-refractivity contribution in [2.45, 2.75) is 19.9 Å². The van der Waals surface area contributed by atoms with Gasteiger partial charge < -0.3 is 4.90 Å². The van der Waals surface area contributed by atoms with E-state index in [1.54, 1.807) is 12.3 Å². The van der Waals surface area contributed by atoms with E-state index in [9.17, 15) is 4.79 Å². The second-order valence-electron chi connectivity index (χ2n) is 4.72. The molecular weight excluding hydrogens is 330 g/mol. The zero-order valence-electron chi connectivity index (χ0n) is 11.1. The zero-order chi connectivity index (χ0) is 14.0. The highest BCUT2D eigenvalue weighted by molar-refractivity contribution is 9.10. The summed E-state index contributed by atoms with van der Waals surface area (Å²) in [4.78, 5) is 20.7. The zero-order valence-corrected chi connectivity index (χ0v) is 13.4. The third-order valence-electron chi connectivity index (χ3n) is 3.49. The Morgan fingerprint density at radius 3 is 2.95 bits per heavy atom. The van der Waals surface area contributed by atoms with Crippen molar-refractivity contribution in [3.8, 4) is 0 Å². The van der Waals surface area contributed by atoms with Crippen molar-refractivity contribution in [1.82, 2.24) is 14.8 Å². The molecule has 0 spiro atoms. The molecule has 0 N–H and O–H groups in total. The molecule has 1 aliphatic rings. The largest absolute Gasteiger partial charge is 0.336 e. The number of piperazine rings is 1. The maximum Gasteiger partial charge on any atom is 0.257 e. The lowest BCUT2D eigenvalue weighted by Crippen LogP contribution is -2.53. The Bertz CT molecular complexity index is 483. The molecule has 0 aromatic carbocycles. The Morgan fingerprint density at radius 1 is 1.58 bits per heavy atom. The van der Waals surface area contributed by atoms with Crippen molar-refractivity contribution in [3.63, 3.8) is 0 Å². The Hall–Kier alpha value is -0.650. The molecule has 6 heteroatoms. The van der Waals surface area contributed by atoms with Gasteiger partial charge in [0.2, 0.25) is 0 Å². The molecule has 1 unspecified atom stereocenters. The van der Waals surface area contributed by atoms with E-state index in [-0.39, 0.29) is 11.1 Å². The summed E-state index contributed by atoms with van der Waals surface area (Å²) in [6.45, 7) is 7.67. The number of carbonyl (C=O) groups excluding carboxylic acids is 1. The fraction of sp³-hybridized carbons (Fsp3) is 0.538. The van der Waals surface area contributed by atoms with Gasteiger partial charge in [-0.05, 0) is 35.5 Å². The van der Waals surface area contributed by atoms with Crippen LogP contribution in [0, 0.1) is 0 Å². The van der Waals surface area contributed by atoms with Gasteiger partial charge in [0.1, 0.15) is 5.15 Å². The van der Waals surface area contributed by atoms with Gasteiger partial charge in [0, 0.05) is 36.3 Å². The summed E-state index contributed by atoms with van der Waals surface area (Å²) >= 11 is 9.33. The van der Waals surface area contributed by atoms with E-state index in [1.807, 2.05) is 4.90 Å². The van der Waals surface area contributed by atoms with Crippen LogP contribution in [0.2, 0.25) is 5.15 Å². The second-order valence-corrected chi connectivity index (χ2v) is 5.99. The third kappa shape index (κ3) is 3.27. The number of aromatic nitrogens is 1. The Kier molecular flexibility index (Phi) is 4.81. The van der Waals surface area contributed by atoms with E-state index in [0.717, 1.165) is 30.7 Å². The highest BCUT2D eigenvalue weighted by Gasteiger charge is 2.27. The summed E-state index contributed by atoms with van der Waals surface area (Å²) in [5, 5.41) is 0.263. The van der Waals surface area contributed by atoms with Crippen molar-refractivity contribution in [2.75, 3.05) is 26.2 Å². The summed E-state index contributed by atoms with van der Waals surface area (Å²) in [5.74, 6) is -0.0404. The number of amides is 1. The van der Waals surface area contributed by atoms with Gasteiger partial charge >= 0.3 is 0 Å². The van der Waals surface area contributed by atoms with Crippen LogP contribution < -0.4 is 0 Å². The molecule has 1 fully saturated rings. The Labute approximate surface area is 126 Å². The number of hydrogen-bond donors (Lipinski definition) is 0. The monoisotopic (exact) mass is 345 g/mol. The smallest absolute Gasteiger partial charge is 0.257 e. The highest BCUT2D eigenvalue weighted by Crippen LogP contribution is 2.21. The van der Waals surface area contributed by atoms with Gasteiger partial charge in [0.25, 0.3) is 5.91 Å². The van der Waals surface area contributed by atoms with Crippen molar-refractivity contribution in [2.24, 2.45) is 0 Å². The van der Waals surface area contributed by atoms with Gasteiger partial charge in [0.15, 0.2) is 0 Å². The van der Waals surface area contributed by atoms with Crippen LogP contribution in [0.25, 0.3) is 0 Å². The van der Waals surface area contributed by atoms with Gasteiger partial charge in [-0.3, -0.25) is 9.69 Å². The molecule has 104 valence electrons. The first kappa shape index (κ1) is 14.8. The molecule has 1 saturated heterocycles. The first-order valence-corrected chi connectivity index (χ1v) is 7.54. The van der Waals surface area contributed by atoms with E-state index >= 15 is 0 Å². The van der Waals surface area contributed by atoms with Crippen molar-refractivity contribution in [3.05, 3.63) is 27.5 Å². The summed E-state index contributed by atoms with van der Waals surface area (Å²) in [5.41, 5.74) is 0.466. The number of nitrogens with zero attached hydrogens (tertiary/aromatic N) is 3. The second kappa shape index (κ2) is 6.20. The van der Waals surface area contributed by atoms with Gasteiger partial charge in [-0.1, -0.05) is 18.5 Å². The van der Waals surface area contributed by atoms with Crippen LogP contribution >= 0.6 is 27.5 Å². The molecule has 2 rings (SSSR count). The maximum atomic E-state index is 12.5. The van der Waals surface area contributed by atoms with Crippen LogP contribution in [0.15, 0.2) is 16.7 Å². The van der Waals surface area contributed by atoms with Gasteiger partial charge in [-0.2, -0.15) is 0 Å². The van der Waals surface area contributed by atoms with E-state index in [4.69, 9.17) is 11.6 Å². The lowest BCUT2D eigenvalue weighted by molar-refractivity contribution is 0.0528. The number of hydrogen-bond acceptors (Lipinski definition) is 3. The minimum absolute atomic E-state index is 0.0404. The van der Waals surface area contributed by atoms with Crippen LogP contribution in [0.4, 0.5) is 0 Å². The van der Waals surface area contributed by atoms with Crippen molar-refractivity contribution >= 4 is 33.4 Å². The van der Waals surface area contributed by atoms with Crippen LogP contribution in [0.5, 0.6) is 0 Å². The normalized spacial score (nSPS) is 20.6. The molecule has 1 aromatic heterocycles. The quantitative estimate of drug-likeness (QED) is 0.773. The molecule has 1 aromatic rings. The van der Waals surface area contributed by atoms with Crippen LogP contribution in [0.3, 0.4) is 0 Å². The van der Waals surface area contributed by atoms with Crippen LogP contribution in [-0.2, 0) is 0 Å². The molecule has 0 aliphatic carbocycles. The third-order valence-corrected chi connectivity index (χ3v) is 4.23. The molecule has 1 aliphatic heterocycles. The topological polar surface area (TPSA) is 36.4 Å². The van der Waals surface area contributed by atoms with Gasteiger partial charge in [0.05, 0.1) is 5.56 Å².